The lowest BCUT2D eigenvalue weighted by Crippen LogP contribution is -2.14. The third-order valence-corrected chi connectivity index (χ3v) is 3.92. The van der Waals surface area contributed by atoms with Gasteiger partial charge in [-0.25, -0.2) is 13.6 Å². The summed E-state index contributed by atoms with van der Waals surface area (Å²) in [6, 6.07) is 13.1. The van der Waals surface area contributed by atoms with Gasteiger partial charge >= 0.3 is 0 Å². The minimum Gasteiger partial charge on any atom is -0.508 e. The molecule has 0 spiro atoms. The van der Waals surface area contributed by atoms with Crippen molar-refractivity contribution in [3.8, 4) is 11.8 Å². The molecule has 2 aromatic carbocycles. The number of primary sulfonamides is 1. The van der Waals surface area contributed by atoms with Crippen LogP contribution in [0.4, 0.5) is 5.69 Å². The van der Waals surface area contributed by atoms with Crippen LogP contribution in [0.1, 0.15) is 5.56 Å². The number of sulfonamides is 1. The van der Waals surface area contributed by atoms with Crippen LogP contribution in [0.2, 0.25) is 0 Å². The van der Waals surface area contributed by atoms with Crippen LogP contribution in [-0.2, 0) is 14.8 Å². The van der Waals surface area contributed by atoms with E-state index in [-0.39, 0.29) is 16.2 Å². The Kier molecular flexibility index (Phi) is 4.99. The van der Waals surface area contributed by atoms with Gasteiger partial charge in [0, 0.05) is 5.69 Å². The maximum Gasteiger partial charge on any atom is 0.266 e. The molecule has 2 aromatic rings. The second-order valence-corrected chi connectivity index (χ2v) is 6.35. The Hall–Kier alpha value is -3.15. The lowest BCUT2D eigenvalue weighted by Gasteiger charge is -2.05. The fourth-order valence-electron chi connectivity index (χ4n) is 1.86. The number of phenolic OH excluding ortho intramolecular Hbond substituents is 1. The Labute approximate surface area is 138 Å². The second-order valence-electron chi connectivity index (χ2n) is 4.79. The van der Waals surface area contributed by atoms with Gasteiger partial charge in [0.05, 0.1) is 4.90 Å². The lowest BCUT2D eigenvalue weighted by atomic mass is 10.1. The molecular formula is C16H13N3O4S. The van der Waals surface area contributed by atoms with Crippen molar-refractivity contribution < 1.29 is 18.3 Å². The molecule has 0 bridgehead atoms. The van der Waals surface area contributed by atoms with Gasteiger partial charge in [-0.05, 0) is 48.0 Å². The molecule has 2 rings (SSSR count). The SMILES string of the molecule is N#CC(=Cc1cccc(O)c1)C(=O)Nc1ccc(S(N)(=O)=O)cc1. The van der Waals surface area contributed by atoms with Crippen LogP contribution in [0.5, 0.6) is 5.75 Å². The van der Waals surface area contributed by atoms with Gasteiger partial charge < -0.3 is 10.4 Å². The van der Waals surface area contributed by atoms with Crippen LogP contribution in [-0.4, -0.2) is 19.4 Å². The number of anilines is 1. The molecule has 0 radical (unpaired) electrons. The van der Waals surface area contributed by atoms with Crippen LogP contribution >= 0.6 is 0 Å². The molecule has 24 heavy (non-hydrogen) atoms. The van der Waals surface area contributed by atoms with E-state index in [0.29, 0.717) is 11.3 Å². The number of nitrogens with zero attached hydrogens (tertiary/aromatic N) is 1. The summed E-state index contributed by atoms with van der Waals surface area (Å²) < 4.78 is 22.3. The molecule has 4 N–H and O–H groups in total. The first-order valence-corrected chi connectivity index (χ1v) is 8.19. The number of amides is 1. The van der Waals surface area contributed by atoms with E-state index >= 15 is 0 Å². The molecule has 0 fully saturated rings. The summed E-state index contributed by atoms with van der Waals surface area (Å²) >= 11 is 0. The molecule has 0 unspecified atom stereocenters. The van der Waals surface area contributed by atoms with Gasteiger partial charge in [-0.15, -0.1) is 0 Å². The van der Waals surface area contributed by atoms with Crippen LogP contribution in [0, 0.1) is 11.3 Å². The first-order valence-electron chi connectivity index (χ1n) is 6.64. The Balaban J connectivity index is 2.20. The zero-order valence-electron chi connectivity index (χ0n) is 12.3. The van der Waals surface area contributed by atoms with E-state index in [4.69, 9.17) is 10.4 Å². The Morgan fingerprint density at radius 3 is 2.42 bits per heavy atom. The standard InChI is InChI=1S/C16H13N3O4S/c17-10-12(8-11-2-1-3-14(20)9-11)16(21)19-13-4-6-15(7-5-13)24(18,22)23/h1-9,20H,(H,19,21)(H2,18,22,23). The fourth-order valence-corrected chi connectivity index (χ4v) is 2.37. The van der Waals surface area contributed by atoms with Gasteiger partial charge in [0.15, 0.2) is 0 Å². The van der Waals surface area contributed by atoms with Crippen molar-refractivity contribution in [3.63, 3.8) is 0 Å². The molecule has 0 saturated carbocycles. The number of hydrogen-bond acceptors (Lipinski definition) is 5. The van der Waals surface area contributed by atoms with Gasteiger partial charge in [0.25, 0.3) is 5.91 Å². The highest BCUT2D eigenvalue weighted by Gasteiger charge is 2.11. The first kappa shape index (κ1) is 17.2. The van der Waals surface area contributed by atoms with Gasteiger partial charge in [-0.1, -0.05) is 12.1 Å². The molecule has 0 aliphatic carbocycles. The Morgan fingerprint density at radius 1 is 1.21 bits per heavy atom. The Bertz CT molecular complexity index is 942. The van der Waals surface area contributed by atoms with E-state index in [1.807, 2.05) is 0 Å². The Morgan fingerprint density at radius 2 is 1.88 bits per heavy atom. The third-order valence-electron chi connectivity index (χ3n) is 2.99. The van der Waals surface area contributed by atoms with Crippen molar-refractivity contribution in [1.29, 1.82) is 5.26 Å². The number of hydrogen-bond donors (Lipinski definition) is 3. The third kappa shape index (κ3) is 4.42. The monoisotopic (exact) mass is 343 g/mol. The van der Waals surface area contributed by atoms with Gasteiger partial charge in [0.1, 0.15) is 17.4 Å². The van der Waals surface area contributed by atoms with Crippen LogP contribution in [0.25, 0.3) is 6.08 Å². The maximum atomic E-state index is 12.1. The highest BCUT2D eigenvalue weighted by atomic mass is 32.2. The lowest BCUT2D eigenvalue weighted by molar-refractivity contribution is -0.112. The number of benzene rings is 2. The highest BCUT2D eigenvalue weighted by molar-refractivity contribution is 7.89. The van der Waals surface area contributed by atoms with Crippen molar-refractivity contribution in [2.75, 3.05) is 5.32 Å². The first-order chi connectivity index (χ1) is 11.3. The average Bonchev–Trinajstić information content (AvgIpc) is 2.52. The number of phenols is 1. The summed E-state index contributed by atoms with van der Waals surface area (Å²) in [5.41, 5.74) is 0.631. The van der Waals surface area contributed by atoms with Crippen molar-refractivity contribution in [3.05, 3.63) is 59.7 Å². The largest absolute Gasteiger partial charge is 0.508 e. The smallest absolute Gasteiger partial charge is 0.266 e. The van der Waals surface area contributed by atoms with Gasteiger partial charge in [-0.3, -0.25) is 4.79 Å². The van der Waals surface area contributed by atoms with Crippen LogP contribution in [0.3, 0.4) is 0 Å². The fraction of sp³-hybridized carbons (Fsp3) is 0. The molecule has 8 heteroatoms. The van der Waals surface area contributed by atoms with Crippen molar-refractivity contribution >= 4 is 27.7 Å². The summed E-state index contributed by atoms with van der Waals surface area (Å²) in [6.45, 7) is 0. The summed E-state index contributed by atoms with van der Waals surface area (Å²) in [4.78, 5) is 12.0. The van der Waals surface area contributed by atoms with Gasteiger partial charge in [0.2, 0.25) is 10.0 Å². The van der Waals surface area contributed by atoms with Crippen LogP contribution < -0.4 is 10.5 Å². The predicted octanol–water partition coefficient (Wildman–Crippen LogP) is 1.59. The molecule has 0 aromatic heterocycles. The molecule has 1 amide bonds. The van der Waals surface area contributed by atoms with Crippen molar-refractivity contribution in [2.45, 2.75) is 4.90 Å². The van der Waals surface area contributed by atoms with E-state index < -0.39 is 15.9 Å². The molecule has 122 valence electrons. The molecule has 7 nitrogen and oxygen atoms in total. The number of rotatable bonds is 4. The summed E-state index contributed by atoms with van der Waals surface area (Å²) in [5.74, 6) is -0.649. The number of carbonyl (C=O) groups is 1. The number of nitrogens with one attached hydrogen (secondary N) is 1. The molecule has 0 heterocycles. The molecular weight excluding hydrogens is 330 g/mol. The zero-order chi connectivity index (χ0) is 17.7. The number of carbonyl (C=O) groups excluding carboxylic acids is 1. The number of nitriles is 1. The van der Waals surface area contributed by atoms with E-state index in [0.717, 1.165) is 0 Å². The topological polar surface area (TPSA) is 133 Å². The number of aromatic hydroxyl groups is 1. The van der Waals surface area contributed by atoms with Crippen LogP contribution in [0.15, 0.2) is 59.0 Å². The van der Waals surface area contributed by atoms with Crippen molar-refractivity contribution in [1.82, 2.24) is 0 Å². The highest BCUT2D eigenvalue weighted by Crippen LogP contribution is 2.16. The molecule has 0 saturated heterocycles. The quantitative estimate of drug-likeness (QED) is 0.572. The van der Waals surface area contributed by atoms with Crippen molar-refractivity contribution in [2.24, 2.45) is 5.14 Å². The van der Waals surface area contributed by atoms with E-state index in [1.165, 1.54) is 42.5 Å². The predicted molar refractivity (Wildman–Crippen MR) is 88.1 cm³/mol. The van der Waals surface area contributed by atoms with E-state index in [9.17, 15) is 18.3 Å². The summed E-state index contributed by atoms with van der Waals surface area (Å²) in [7, 11) is -3.81. The normalized spacial score (nSPS) is 11.6. The second kappa shape index (κ2) is 6.95. The minimum absolute atomic E-state index is 0.0139. The van der Waals surface area contributed by atoms with E-state index in [1.54, 1.807) is 18.2 Å². The maximum absolute atomic E-state index is 12.1. The summed E-state index contributed by atoms with van der Waals surface area (Å²) in [6.07, 6.45) is 1.33. The van der Waals surface area contributed by atoms with E-state index in [2.05, 4.69) is 5.32 Å². The molecule has 0 aliphatic rings. The number of nitrogens with two attached hydrogens (primary N) is 1. The molecule has 0 atom stereocenters. The summed E-state index contributed by atoms with van der Waals surface area (Å²) in [5, 5.41) is 26.0. The zero-order valence-corrected chi connectivity index (χ0v) is 13.1. The minimum atomic E-state index is -3.81. The molecule has 0 aliphatic heterocycles. The van der Waals surface area contributed by atoms with Gasteiger partial charge in [-0.2, -0.15) is 5.26 Å². The average molecular weight is 343 g/mol.